The molecule has 1 radical (unpaired) electrons. The molecule has 33 heavy (non-hydrogen) atoms. The van der Waals surface area contributed by atoms with Crippen LogP contribution in [0.5, 0.6) is 5.75 Å². The van der Waals surface area contributed by atoms with Crippen LogP contribution in [0.25, 0.3) is 0 Å². The van der Waals surface area contributed by atoms with Gasteiger partial charge >= 0.3 is 0 Å². The molecule has 1 aromatic carbocycles. The van der Waals surface area contributed by atoms with Gasteiger partial charge in [-0.15, -0.1) is 0 Å². The van der Waals surface area contributed by atoms with E-state index in [1.807, 2.05) is 0 Å². The average Bonchev–Trinajstić information content (AvgIpc) is 2.76. The van der Waals surface area contributed by atoms with E-state index < -0.39 is 36.0 Å². The van der Waals surface area contributed by atoms with Gasteiger partial charge in [0.1, 0.15) is 11.8 Å². The summed E-state index contributed by atoms with van der Waals surface area (Å²) < 4.78 is 0. The van der Waals surface area contributed by atoms with Gasteiger partial charge in [0.2, 0.25) is 24.0 Å². The van der Waals surface area contributed by atoms with E-state index in [1.54, 1.807) is 32.3 Å². The number of aliphatic hydroxyl groups is 1. The molecule has 10 nitrogen and oxygen atoms in total. The van der Waals surface area contributed by atoms with E-state index in [-0.39, 0.29) is 49.8 Å². The molecule has 0 saturated heterocycles. The Morgan fingerprint density at radius 3 is 2.15 bits per heavy atom. The zero-order valence-electron chi connectivity index (χ0n) is 19.3. The zero-order chi connectivity index (χ0) is 25.0. The van der Waals surface area contributed by atoms with E-state index in [2.05, 4.69) is 16.0 Å². The molecule has 10 heteroatoms. The highest BCUT2D eigenvalue weighted by molar-refractivity contribution is 5.87. The van der Waals surface area contributed by atoms with Gasteiger partial charge in [-0.3, -0.25) is 19.2 Å². The fourth-order valence-corrected chi connectivity index (χ4v) is 3.05. The van der Waals surface area contributed by atoms with Crippen molar-refractivity contribution in [3.8, 4) is 5.75 Å². The van der Waals surface area contributed by atoms with Gasteiger partial charge in [0.15, 0.2) is 0 Å². The third kappa shape index (κ3) is 10.5. The number of benzene rings is 1. The van der Waals surface area contributed by atoms with Crippen LogP contribution in [-0.2, 0) is 25.6 Å². The van der Waals surface area contributed by atoms with Crippen molar-refractivity contribution < 1.29 is 29.4 Å². The van der Waals surface area contributed by atoms with E-state index in [0.29, 0.717) is 0 Å². The van der Waals surface area contributed by atoms with Crippen LogP contribution in [-0.4, -0.2) is 65.0 Å². The van der Waals surface area contributed by atoms with Gasteiger partial charge in [-0.25, -0.2) is 0 Å². The standard InChI is InChI=1S/C23H35N4O6/c1-14(2)19(13-28)26-21(31)9-8-20(30)18(12-16-4-6-17(29)7-5-16)27-23(33)15(3)25-22(32)10-11-24/h4-7,14-15,18-20,29-30H,8-12,24H2,1-3H3,(H,25,32)(H,26,31)(H,27,33)/t15?,18-,19?,20-/m0/s1. The van der Waals surface area contributed by atoms with Crippen molar-refractivity contribution in [3.05, 3.63) is 29.8 Å². The molecule has 0 aliphatic heterocycles. The first kappa shape index (κ1) is 28.1. The largest absolute Gasteiger partial charge is 0.508 e. The molecule has 1 aromatic rings. The summed E-state index contributed by atoms with van der Waals surface area (Å²) in [6.45, 7) is 5.23. The Morgan fingerprint density at radius 2 is 1.61 bits per heavy atom. The van der Waals surface area contributed by atoms with Crippen LogP contribution in [0.3, 0.4) is 0 Å². The Kier molecular flexibility index (Phi) is 12.1. The molecule has 183 valence electrons. The number of nitrogens with two attached hydrogens (primary N) is 1. The molecule has 0 aliphatic carbocycles. The molecule has 0 bridgehead atoms. The van der Waals surface area contributed by atoms with Crippen molar-refractivity contribution in [2.75, 3.05) is 6.54 Å². The Balaban J connectivity index is 2.82. The first-order valence-electron chi connectivity index (χ1n) is 11.0. The fourth-order valence-electron chi connectivity index (χ4n) is 3.05. The second-order valence-electron chi connectivity index (χ2n) is 8.33. The third-order valence-electron chi connectivity index (χ3n) is 5.10. The molecule has 0 saturated carbocycles. The van der Waals surface area contributed by atoms with Crippen LogP contribution in [0, 0.1) is 5.92 Å². The Hall–Kier alpha value is -2.98. The lowest BCUT2D eigenvalue weighted by Crippen LogP contribution is -2.52. The Morgan fingerprint density at radius 1 is 1.00 bits per heavy atom. The summed E-state index contributed by atoms with van der Waals surface area (Å²) in [6.07, 6.45) is 0.986. The van der Waals surface area contributed by atoms with E-state index in [0.717, 1.165) is 5.56 Å². The molecular formula is C23H35N4O6. The maximum absolute atomic E-state index is 12.6. The second-order valence-corrected chi connectivity index (χ2v) is 8.33. The molecule has 3 amide bonds. The molecule has 2 unspecified atom stereocenters. The van der Waals surface area contributed by atoms with E-state index in [9.17, 15) is 29.4 Å². The lowest BCUT2D eigenvalue weighted by Gasteiger charge is -2.26. The van der Waals surface area contributed by atoms with Crippen molar-refractivity contribution in [1.29, 1.82) is 0 Å². The predicted molar refractivity (Wildman–Crippen MR) is 123 cm³/mol. The number of phenols is 1. The van der Waals surface area contributed by atoms with Gasteiger partial charge in [-0.05, 0) is 43.4 Å². The average molecular weight is 464 g/mol. The van der Waals surface area contributed by atoms with Crippen molar-refractivity contribution in [3.63, 3.8) is 0 Å². The fraction of sp³-hybridized carbons (Fsp3) is 0.565. The van der Waals surface area contributed by atoms with Gasteiger partial charge in [-0.1, -0.05) is 26.0 Å². The summed E-state index contributed by atoms with van der Waals surface area (Å²) in [7, 11) is 0. The minimum atomic E-state index is -1.09. The molecule has 7 N–H and O–H groups in total. The third-order valence-corrected chi connectivity index (χ3v) is 5.10. The van der Waals surface area contributed by atoms with Crippen LogP contribution in [0.4, 0.5) is 0 Å². The van der Waals surface area contributed by atoms with E-state index in [1.165, 1.54) is 19.1 Å². The number of rotatable bonds is 14. The number of aliphatic hydroxyl groups excluding tert-OH is 1. The summed E-state index contributed by atoms with van der Waals surface area (Å²) in [4.78, 5) is 47.5. The highest BCUT2D eigenvalue weighted by atomic mass is 16.3. The smallest absolute Gasteiger partial charge is 0.242 e. The number of carbonyl (C=O) groups is 3. The number of hydrogen-bond donors (Lipinski definition) is 6. The molecule has 0 fully saturated rings. The maximum atomic E-state index is 12.6. The molecule has 1 rings (SSSR count). The van der Waals surface area contributed by atoms with Gasteiger partial charge in [0, 0.05) is 19.4 Å². The van der Waals surface area contributed by atoms with Crippen LogP contribution < -0.4 is 21.7 Å². The summed E-state index contributed by atoms with van der Waals surface area (Å²) in [5.41, 5.74) is 6.09. The quantitative estimate of drug-likeness (QED) is 0.219. The molecule has 0 aliphatic rings. The molecule has 0 heterocycles. The first-order chi connectivity index (χ1) is 15.6. The Bertz CT molecular complexity index is 784. The lowest BCUT2D eigenvalue weighted by molar-refractivity contribution is -0.129. The minimum absolute atomic E-state index is 0.0342. The second kappa shape index (κ2) is 14.2. The molecule has 0 aromatic heterocycles. The monoisotopic (exact) mass is 463 g/mol. The summed E-state index contributed by atoms with van der Waals surface area (Å²) >= 11 is 0. The van der Waals surface area contributed by atoms with Crippen LogP contribution in [0.2, 0.25) is 0 Å². The number of carbonyl (C=O) groups excluding carboxylic acids is 4. The topological polar surface area (TPSA) is 171 Å². The first-order valence-corrected chi connectivity index (χ1v) is 11.0. The number of aromatic hydroxyl groups is 1. The van der Waals surface area contributed by atoms with Gasteiger partial charge in [0.25, 0.3) is 0 Å². The van der Waals surface area contributed by atoms with Gasteiger partial charge < -0.3 is 31.9 Å². The molecule has 4 atom stereocenters. The molecule has 0 spiro atoms. The number of phenolic OH excluding ortho intramolecular Hbond substituents is 1. The Labute approximate surface area is 194 Å². The zero-order valence-corrected chi connectivity index (χ0v) is 19.3. The van der Waals surface area contributed by atoms with Crippen molar-refractivity contribution in [2.24, 2.45) is 11.7 Å². The summed E-state index contributed by atoms with van der Waals surface area (Å²) in [6, 6.07) is 3.96. The van der Waals surface area contributed by atoms with Crippen LogP contribution >= 0.6 is 0 Å². The predicted octanol–water partition coefficient (Wildman–Crippen LogP) is -0.335. The van der Waals surface area contributed by atoms with Crippen LogP contribution in [0.15, 0.2) is 24.3 Å². The SMILES string of the molecule is CC(NC(=O)CCN)C(=O)N[C@@H](Cc1ccc(O)cc1)[C@@H](O)CCC(=O)NC([C]=O)C(C)C. The van der Waals surface area contributed by atoms with Crippen molar-refractivity contribution >= 4 is 24.0 Å². The minimum Gasteiger partial charge on any atom is -0.508 e. The normalized spacial score (nSPS) is 14.6. The van der Waals surface area contributed by atoms with E-state index in [4.69, 9.17) is 5.73 Å². The highest BCUT2D eigenvalue weighted by Gasteiger charge is 2.26. The van der Waals surface area contributed by atoms with Gasteiger partial charge in [-0.2, -0.15) is 0 Å². The number of amides is 3. The number of nitrogens with one attached hydrogen (secondary N) is 3. The highest BCUT2D eigenvalue weighted by Crippen LogP contribution is 2.15. The van der Waals surface area contributed by atoms with Gasteiger partial charge in [0.05, 0.1) is 18.2 Å². The lowest BCUT2D eigenvalue weighted by atomic mass is 9.97. The maximum Gasteiger partial charge on any atom is 0.242 e. The van der Waals surface area contributed by atoms with Crippen molar-refractivity contribution in [1.82, 2.24) is 16.0 Å². The summed E-state index contributed by atoms with van der Waals surface area (Å²) in [5, 5.41) is 28.1. The van der Waals surface area contributed by atoms with Crippen molar-refractivity contribution in [2.45, 2.75) is 70.7 Å². The van der Waals surface area contributed by atoms with E-state index >= 15 is 0 Å². The van der Waals surface area contributed by atoms with Crippen LogP contribution in [0.1, 0.15) is 45.6 Å². The summed E-state index contributed by atoms with van der Waals surface area (Å²) in [5.74, 6) is -1.30. The molecular weight excluding hydrogens is 428 g/mol. The number of hydrogen-bond acceptors (Lipinski definition) is 7.